The molecule has 5 nitrogen and oxygen atoms in total. The van der Waals surface area contributed by atoms with Crippen LogP contribution in [0, 0.1) is 0 Å². The molecule has 0 aromatic rings. The van der Waals surface area contributed by atoms with Gasteiger partial charge >= 0.3 is 0 Å². The molecule has 0 aliphatic heterocycles. The Morgan fingerprint density at radius 2 is 1.85 bits per heavy atom. The van der Waals surface area contributed by atoms with Crippen LogP contribution < -0.4 is 5.73 Å². The maximum atomic E-state index is 11.6. The van der Waals surface area contributed by atoms with Gasteiger partial charge in [-0.3, -0.25) is 0 Å². The Balaban J connectivity index is 4.39. The third-order valence-electron chi connectivity index (χ3n) is 1.75. The van der Waals surface area contributed by atoms with E-state index >= 15 is 0 Å². The molecule has 0 spiro atoms. The van der Waals surface area contributed by atoms with Crippen LogP contribution in [0.2, 0.25) is 0 Å². The van der Waals surface area contributed by atoms with Crippen LogP contribution in [-0.4, -0.2) is 50.8 Å². The van der Waals surface area contributed by atoms with Crippen molar-refractivity contribution in [2.24, 2.45) is 5.73 Å². The van der Waals surface area contributed by atoms with Crippen molar-refractivity contribution < 1.29 is 8.42 Å². The van der Waals surface area contributed by atoms with Crippen molar-refractivity contribution in [3.8, 4) is 0 Å². The van der Waals surface area contributed by atoms with Gasteiger partial charge in [0.05, 0.1) is 0 Å². The molecule has 0 saturated heterocycles. The smallest absolute Gasteiger partial charge is 0.281 e. The van der Waals surface area contributed by atoms with Gasteiger partial charge in [-0.25, -0.2) is 0 Å². The van der Waals surface area contributed by atoms with Crippen molar-refractivity contribution >= 4 is 10.2 Å². The Labute approximate surface area is 80.7 Å². The first-order chi connectivity index (χ1) is 5.96. The lowest BCUT2D eigenvalue weighted by atomic mass is 10.4. The van der Waals surface area contributed by atoms with E-state index in [9.17, 15) is 8.42 Å². The fourth-order valence-corrected chi connectivity index (χ4v) is 2.08. The van der Waals surface area contributed by atoms with E-state index in [2.05, 4.69) is 0 Å². The van der Waals surface area contributed by atoms with Crippen molar-refractivity contribution in [1.82, 2.24) is 8.61 Å². The van der Waals surface area contributed by atoms with Gasteiger partial charge in [0.2, 0.25) is 0 Å². The number of nitrogens with two attached hydrogens (primary N) is 1. The first kappa shape index (κ1) is 12.8. The van der Waals surface area contributed by atoms with Gasteiger partial charge < -0.3 is 5.73 Å². The van der Waals surface area contributed by atoms with Gasteiger partial charge in [0.25, 0.3) is 10.2 Å². The number of hydrogen-bond donors (Lipinski definition) is 1. The van der Waals surface area contributed by atoms with Crippen LogP contribution in [0.4, 0.5) is 0 Å². The molecule has 2 N–H and O–H groups in total. The molecule has 13 heavy (non-hydrogen) atoms. The zero-order valence-electron chi connectivity index (χ0n) is 8.52. The van der Waals surface area contributed by atoms with E-state index in [1.807, 2.05) is 6.92 Å². The highest BCUT2D eigenvalue weighted by molar-refractivity contribution is 7.86. The molecule has 0 aliphatic rings. The molecule has 0 rings (SSSR count). The van der Waals surface area contributed by atoms with Gasteiger partial charge in [-0.15, -0.1) is 0 Å². The second kappa shape index (κ2) is 5.54. The molecule has 0 amide bonds. The molecule has 0 aromatic heterocycles. The summed E-state index contributed by atoms with van der Waals surface area (Å²) in [6, 6.07) is 0. The molecular weight excluding hydrogens is 190 g/mol. The lowest BCUT2D eigenvalue weighted by molar-refractivity contribution is 0.384. The standard InChI is InChI=1S/C7H19N3O2S/c1-4-10(7-5-6-8)13(11,12)9(2)3/h4-8H2,1-3H3. The summed E-state index contributed by atoms with van der Waals surface area (Å²) >= 11 is 0. The SMILES string of the molecule is CCN(CCCN)S(=O)(=O)N(C)C. The first-order valence-electron chi connectivity index (χ1n) is 4.34. The van der Waals surface area contributed by atoms with Crippen LogP contribution in [0.3, 0.4) is 0 Å². The zero-order chi connectivity index (χ0) is 10.5. The fraction of sp³-hybridized carbons (Fsp3) is 1.00. The van der Waals surface area contributed by atoms with Gasteiger partial charge in [-0.1, -0.05) is 6.92 Å². The molecular formula is C7H19N3O2S. The average molecular weight is 209 g/mol. The van der Waals surface area contributed by atoms with Crippen LogP contribution in [0.1, 0.15) is 13.3 Å². The van der Waals surface area contributed by atoms with E-state index < -0.39 is 10.2 Å². The predicted octanol–water partition coefficient (Wildman–Crippen LogP) is -0.536. The minimum Gasteiger partial charge on any atom is -0.330 e. The van der Waals surface area contributed by atoms with Gasteiger partial charge in [0.1, 0.15) is 0 Å². The lowest BCUT2D eigenvalue weighted by Crippen LogP contribution is -2.40. The molecule has 0 heterocycles. The van der Waals surface area contributed by atoms with Crippen molar-refractivity contribution in [2.45, 2.75) is 13.3 Å². The molecule has 0 bridgehead atoms. The Kier molecular flexibility index (Phi) is 5.46. The van der Waals surface area contributed by atoms with Crippen LogP contribution in [0.5, 0.6) is 0 Å². The van der Waals surface area contributed by atoms with E-state index in [0.29, 0.717) is 26.1 Å². The van der Waals surface area contributed by atoms with Crippen molar-refractivity contribution in [3.63, 3.8) is 0 Å². The molecule has 0 fully saturated rings. The van der Waals surface area contributed by atoms with Crippen molar-refractivity contribution in [3.05, 3.63) is 0 Å². The minimum absolute atomic E-state index is 0.487. The summed E-state index contributed by atoms with van der Waals surface area (Å²) in [5.41, 5.74) is 5.32. The number of rotatable bonds is 6. The highest BCUT2D eigenvalue weighted by atomic mass is 32.2. The summed E-state index contributed by atoms with van der Waals surface area (Å²) in [5, 5.41) is 0. The summed E-state index contributed by atoms with van der Waals surface area (Å²) in [6.45, 7) is 3.31. The highest BCUT2D eigenvalue weighted by Gasteiger charge is 2.21. The van der Waals surface area contributed by atoms with Gasteiger partial charge in [-0.2, -0.15) is 17.0 Å². The van der Waals surface area contributed by atoms with Crippen LogP contribution >= 0.6 is 0 Å². The molecule has 0 saturated carbocycles. The number of nitrogens with zero attached hydrogens (tertiary/aromatic N) is 2. The molecule has 0 aromatic carbocycles. The predicted molar refractivity (Wildman–Crippen MR) is 53.5 cm³/mol. The number of hydrogen-bond acceptors (Lipinski definition) is 3. The average Bonchev–Trinajstić information content (AvgIpc) is 2.05. The highest BCUT2D eigenvalue weighted by Crippen LogP contribution is 2.03. The second-order valence-corrected chi connectivity index (χ2v) is 5.07. The summed E-state index contributed by atoms with van der Waals surface area (Å²) in [7, 11) is -0.194. The fourth-order valence-electron chi connectivity index (χ4n) is 0.935. The Bertz CT molecular complexity index is 226. The van der Waals surface area contributed by atoms with Gasteiger partial charge in [0, 0.05) is 27.2 Å². The molecule has 0 radical (unpaired) electrons. The second-order valence-electron chi connectivity index (χ2n) is 2.92. The Morgan fingerprint density at radius 3 is 2.15 bits per heavy atom. The Hall–Kier alpha value is -0.170. The molecule has 0 aliphatic carbocycles. The third-order valence-corrected chi connectivity index (χ3v) is 3.77. The molecule has 6 heteroatoms. The lowest BCUT2D eigenvalue weighted by Gasteiger charge is -2.23. The van der Waals surface area contributed by atoms with E-state index in [1.165, 1.54) is 22.7 Å². The van der Waals surface area contributed by atoms with Crippen molar-refractivity contribution in [1.29, 1.82) is 0 Å². The van der Waals surface area contributed by atoms with Crippen LogP contribution in [-0.2, 0) is 10.2 Å². The van der Waals surface area contributed by atoms with E-state index in [0.717, 1.165) is 0 Å². The summed E-state index contributed by atoms with van der Waals surface area (Å²) in [4.78, 5) is 0. The normalized spacial score (nSPS) is 12.8. The largest absolute Gasteiger partial charge is 0.330 e. The third kappa shape index (κ3) is 3.60. The van der Waals surface area contributed by atoms with Gasteiger partial charge in [-0.05, 0) is 13.0 Å². The molecule has 0 unspecified atom stereocenters. The monoisotopic (exact) mass is 209 g/mol. The molecule has 80 valence electrons. The Morgan fingerprint density at radius 1 is 1.31 bits per heavy atom. The quantitative estimate of drug-likeness (QED) is 0.639. The summed E-state index contributed by atoms with van der Waals surface area (Å²) in [5.74, 6) is 0. The zero-order valence-corrected chi connectivity index (χ0v) is 9.34. The van der Waals surface area contributed by atoms with Crippen LogP contribution in [0.25, 0.3) is 0 Å². The topological polar surface area (TPSA) is 66.6 Å². The van der Waals surface area contributed by atoms with Crippen molar-refractivity contribution in [2.75, 3.05) is 33.7 Å². The maximum absolute atomic E-state index is 11.6. The summed E-state index contributed by atoms with van der Waals surface area (Å²) < 4.78 is 25.8. The first-order valence-corrected chi connectivity index (χ1v) is 5.74. The maximum Gasteiger partial charge on any atom is 0.281 e. The minimum atomic E-state index is -3.25. The van der Waals surface area contributed by atoms with E-state index in [1.54, 1.807) is 0 Å². The summed E-state index contributed by atoms with van der Waals surface area (Å²) in [6.07, 6.45) is 0.695. The van der Waals surface area contributed by atoms with Gasteiger partial charge in [0.15, 0.2) is 0 Å². The van der Waals surface area contributed by atoms with E-state index in [4.69, 9.17) is 5.73 Å². The molecule has 0 atom stereocenters. The van der Waals surface area contributed by atoms with Crippen LogP contribution in [0.15, 0.2) is 0 Å². The van der Waals surface area contributed by atoms with E-state index in [-0.39, 0.29) is 0 Å².